The molecule has 0 aliphatic rings. The van der Waals surface area contributed by atoms with Gasteiger partial charge in [0.1, 0.15) is 0 Å². The molecule has 26 heavy (non-hydrogen) atoms. The zero-order valence-corrected chi connectivity index (χ0v) is 16.1. The normalized spacial score (nSPS) is 11.3. The standard InChI is InChI=1S/C20H26N2O3S/c1-3-4-5-6-15-21-26(24,25)19-13-11-18(12-14-19)22-20(23)17-9-7-16(2)8-10-17/h7-14,21H,3-6,15H2,1-2H3,(H,22,23). The van der Waals surface area contributed by atoms with Gasteiger partial charge in [0.15, 0.2) is 0 Å². The van der Waals surface area contributed by atoms with E-state index in [4.69, 9.17) is 0 Å². The maximum atomic E-state index is 12.3. The van der Waals surface area contributed by atoms with E-state index in [0.717, 1.165) is 31.2 Å². The van der Waals surface area contributed by atoms with Crippen molar-refractivity contribution in [1.29, 1.82) is 0 Å². The average Bonchev–Trinajstić information content (AvgIpc) is 2.62. The van der Waals surface area contributed by atoms with E-state index in [1.807, 2.05) is 19.1 Å². The van der Waals surface area contributed by atoms with Crippen molar-refractivity contribution in [2.75, 3.05) is 11.9 Å². The number of hydrogen-bond donors (Lipinski definition) is 2. The molecule has 0 fully saturated rings. The Morgan fingerprint density at radius 2 is 1.58 bits per heavy atom. The van der Waals surface area contributed by atoms with Gasteiger partial charge in [0, 0.05) is 17.8 Å². The van der Waals surface area contributed by atoms with Crippen LogP contribution < -0.4 is 10.0 Å². The van der Waals surface area contributed by atoms with Crippen LogP contribution in [0, 0.1) is 6.92 Å². The van der Waals surface area contributed by atoms with Crippen LogP contribution in [0.15, 0.2) is 53.4 Å². The summed E-state index contributed by atoms with van der Waals surface area (Å²) in [5.41, 5.74) is 2.19. The molecular weight excluding hydrogens is 348 g/mol. The zero-order chi connectivity index (χ0) is 19.0. The molecule has 6 heteroatoms. The van der Waals surface area contributed by atoms with E-state index in [0.29, 0.717) is 17.8 Å². The highest BCUT2D eigenvalue weighted by atomic mass is 32.2. The minimum Gasteiger partial charge on any atom is -0.322 e. The highest BCUT2D eigenvalue weighted by Gasteiger charge is 2.13. The summed E-state index contributed by atoms with van der Waals surface area (Å²) in [6.07, 6.45) is 4.07. The van der Waals surface area contributed by atoms with Crippen molar-refractivity contribution in [2.45, 2.75) is 44.4 Å². The number of unbranched alkanes of at least 4 members (excludes halogenated alkanes) is 3. The molecule has 0 aliphatic carbocycles. The molecule has 2 N–H and O–H groups in total. The Kier molecular flexibility index (Phi) is 7.36. The Bertz CT molecular complexity index is 813. The molecule has 1 amide bonds. The Hall–Kier alpha value is -2.18. The van der Waals surface area contributed by atoms with Crippen LogP contribution in [-0.2, 0) is 10.0 Å². The first-order chi connectivity index (χ1) is 12.4. The third kappa shape index (κ3) is 5.97. The number of amides is 1. The third-order valence-electron chi connectivity index (χ3n) is 4.06. The number of anilines is 1. The van der Waals surface area contributed by atoms with Gasteiger partial charge in [-0.1, -0.05) is 43.9 Å². The SMILES string of the molecule is CCCCCCNS(=O)(=O)c1ccc(NC(=O)c2ccc(C)cc2)cc1. The van der Waals surface area contributed by atoms with Crippen molar-refractivity contribution in [3.8, 4) is 0 Å². The summed E-state index contributed by atoms with van der Waals surface area (Å²) in [7, 11) is -3.51. The van der Waals surface area contributed by atoms with Gasteiger partial charge in [-0.15, -0.1) is 0 Å². The fourth-order valence-corrected chi connectivity index (χ4v) is 3.54. The number of nitrogens with one attached hydrogen (secondary N) is 2. The number of carbonyl (C=O) groups is 1. The molecule has 2 rings (SSSR count). The van der Waals surface area contributed by atoms with Crippen LogP contribution in [0.3, 0.4) is 0 Å². The molecule has 140 valence electrons. The van der Waals surface area contributed by atoms with Crippen molar-refractivity contribution in [3.05, 3.63) is 59.7 Å². The van der Waals surface area contributed by atoms with Crippen molar-refractivity contribution < 1.29 is 13.2 Å². The van der Waals surface area contributed by atoms with Gasteiger partial charge < -0.3 is 5.32 Å². The smallest absolute Gasteiger partial charge is 0.255 e. The second-order valence-electron chi connectivity index (χ2n) is 6.30. The van der Waals surface area contributed by atoms with Gasteiger partial charge in [0.2, 0.25) is 10.0 Å². The Morgan fingerprint density at radius 3 is 2.19 bits per heavy atom. The summed E-state index contributed by atoms with van der Waals surface area (Å²) in [6, 6.07) is 13.4. The van der Waals surface area contributed by atoms with E-state index < -0.39 is 10.0 Å². The lowest BCUT2D eigenvalue weighted by molar-refractivity contribution is 0.102. The first-order valence-corrected chi connectivity index (χ1v) is 10.4. The zero-order valence-electron chi connectivity index (χ0n) is 15.3. The van der Waals surface area contributed by atoms with Crippen molar-refractivity contribution >= 4 is 21.6 Å². The summed E-state index contributed by atoms with van der Waals surface area (Å²) < 4.78 is 27.1. The second-order valence-corrected chi connectivity index (χ2v) is 8.07. The van der Waals surface area contributed by atoms with Crippen molar-refractivity contribution in [1.82, 2.24) is 4.72 Å². The Morgan fingerprint density at radius 1 is 0.923 bits per heavy atom. The molecule has 0 spiro atoms. The molecule has 0 saturated heterocycles. The summed E-state index contributed by atoms with van der Waals surface area (Å²) >= 11 is 0. The van der Waals surface area contributed by atoms with Gasteiger partial charge in [-0.3, -0.25) is 4.79 Å². The van der Waals surface area contributed by atoms with Crippen LogP contribution in [0.1, 0.15) is 48.5 Å². The topological polar surface area (TPSA) is 75.3 Å². The maximum Gasteiger partial charge on any atom is 0.255 e. The molecule has 2 aromatic carbocycles. The van der Waals surface area contributed by atoms with E-state index in [-0.39, 0.29) is 10.8 Å². The number of sulfonamides is 1. The third-order valence-corrected chi connectivity index (χ3v) is 5.54. The molecule has 0 saturated carbocycles. The van der Waals surface area contributed by atoms with Crippen molar-refractivity contribution in [3.63, 3.8) is 0 Å². The number of carbonyl (C=O) groups excluding carboxylic acids is 1. The Labute approximate surface area is 155 Å². The van der Waals surface area contributed by atoms with Gasteiger partial charge in [-0.05, 0) is 49.7 Å². The highest BCUT2D eigenvalue weighted by molar-refractivity contribution is 7.89. The minimum absolute atomic E-state index is 0.196. The highest BCUT2D eigenvalue weighted by Crippen LogP contribution is 2.15. The minimum atomic E-state index is -3.51. The molecule has 0 atom stereocenters. The van der Waals surface area contributed by atoms with E-state index in [2.05, 4.69) is 17.0 Å². The van der Waals surface area contributed by atoms with Gasteiger partial charge in [0.05, 0.1) is 4.90 Å². The van der Waals surface area contributed by atoms with E-state index in [9.17, 15) is 13.2 Å². The predicted octanol–water partition coefficient (Wildman–Crippen LogP) is 4.11. The van der Waals surface area contributed by atoms with Crippen molar-refractivity contribution in [2.24, 2.45) is 0 Å². The summed E-state index contributed by atoms with van der Waals surface area (Å²) in [5.74, 6) is -0.227. The molecule has 2 aromatic rings. The van der Waals surface area contributed by atoms with E-state index in [1.54, 1.807) is 24.3 Å². The molecule has 0 radical (unpaired) electrons. The van der Waals surface area contributed by atoms with Crippen LogP contribution in [0.25, 0.3) is 0 Å². The number of hydrogen-bond acceptors (Lipinski definition) is 3. The molecule has 0 unspecified atom stereocenters. The van der Waals surface area contributed by atoms with E-state index in [1.165, 1.54) is 12.1 Å². The summed E-state index contributed by atoms with van der Waals surface area (Å²) in [5, 5.41) is 2.77. The second kappa shape index (κ2) is 9.50. The number of benzene rings is 2. The molecule has 5 nitrogen and oxygen atoms in total. The van der Waals surface area contributed by atoms with Crippen LogP contribution in [0.2, 0.25) is 0 Å². The Balaban J connectivity index is 1.94. The van der Waals surface area contributed by atoms with Gasteiger partial charge in [-0.25, -0.2) is 13.1 Å². The predicted molar refractivity (Wildman–Crippen MR) is 105 cm³/mol. The molecule has 0 aromatic heterocycles. The maximum absolute atomic E-state index is 12.3. The lowest BCUT2D eigenvalue weighted by Crippen LogP contribution is -2.24. The van der Waals surface area contributed by atoms with Crippen LogP contribution in [0.4, 0.5) is 5.69 Å². The summed E-state index contributed by atoms with van der Waals surface area (Å²) in [4.78, 5) is 12.4. The number of aryl methyl sites for hydroxylation is 1. The van der Waals surface area contributed by atoms with Crippen LogP contribution in [-0.4, -0.2) is 20.9 Å². The molecule has 0 aliphatic heterocycles. The average molecular weight is 375 g/mol. The first-order valence-electron chi connectivity index (χ1n) is 8.90. The number of rotatable bonds is 9. The molecular formula is C20H26N2O3S. The summed E-state index contributed by atoms with van der Waals surface area (Å²) in [6.45, 7) is 4.51. The van der Waals surface area contributed by atoms with Gasteiger partial charge in [0.25, 0.3) is 5.91 Å². The quantitative estimate of drug-likeness (QED) is 0.649. The van der Waals surface area contributed by atoms with E-state index >= 15 is 0 Å². The van der Waals surface area contributed by atoms with Gasteiger partial charge >= 0.3 is 0 Å². The largest absolute Gasteiger partial charge is 0.322 e. The lowest BCUT2D eigenvalue weighted by atomic mass is 10.1. The van der Waals surface area contributed by atoms with Crippen LogP contribution in [0.5, 0.6) is 0 Å². The first kappa shape index (κ1) is 20.1. The van der Waals surface area contributed by atoms with Gasteiger partial charge in [-0.2, -0.15) is 0 Å². The van der Waals surface area contributed by atoms with Crippen LogP contribution >= 0.6 is 0 Å². The molecule has 0 bridgehead atoms. The lowest BCUT2D eigenvalue weighted by Gasteiger charge is -2.09. The molecule has 0 heterocycles. The fourth-order valence-electron chi connectivity index (χ4n) is 2.47. The monoisotopic (exact) mass is 374 g/mol. The fraction of sp³-hybridized carbons (Fsp3) is 0.350.